The molecule has 0 aliphatic heterocycles. The van der Waals surface area contributed by atoms with Gasteiger partial charge in [-0.15, -0.1) is 10.2 Å². The molecule has 2 aromatic heterocycles. The number of benzene rings is 2. The minimum Gasteiger partial charge on any atom is -0.493 e. The first-order valence-electron chi connectivity index (χ1n) is 8.43. The fourth-order valence-electron chi connectivity index (χ4n) is 2.51. The summed E-state index contributed by atoms with van der Waals surface area (Å²) in [6.07, 6.45) is 0. The maximum absolute atomic E-state index is 5.89. The molecule has 0 aliphatic rings. The number of aromatic nitrogens is 4. The van der Waals surface area contributed by atoms with E-state index in [0.29, 0.717) is 45.1 Å². The molecule has 4 rings (SSSR count). The molecule has 0 N–H and O–H groups in total. The van der Waals surface area contributed by atoms with Gasteiger partial charge in [0, 0.05) is 16.1 Å². The first-order valence-corrected chi connectivity index (χ1v) is 9.80. The number of thioether (sulfide) groups is 1. The second-order valence-corrected chi connectivity index (χ2v) is 7.11. The Hall–Kier alpha value is -3.04. The SMILES string of the molecule is COc1ccc(-c2noc(CSc3nnc(-c4ccc(Cl)cc4)o3)n2)cc1OC. The summed E-state index contributed by atoms with van der Waals surface area (Å²) < 4.78 is 21.5. The topological polar surface area (TPSA) is 96.3 Å². The molecule has 0 aliphatic carbocycles. The van der Waals surface area contributed by atoms with Crippen LogP contribution in [0.25, 0.3) is 22.8 Å². The lowest BCUT2D eigenvalue weighted by atomic mass is 10.2. The molecular formula is C19H15ClN4O4S. The van der Waals surface area contributed by atoms with Crippen molar-refractivity contribution in [2.24, 2.45) is 0 Å². The number of halogens is 1. The number of methoxy groups -OCH3 is 2. The van der Waals surface area contributed by atoms with Crippen LogP contribution in [-0.4, -0.2) is 34.6 Å². The number of hydrogen-bond donors (Lipinski definition) is 0. The fourth-order valence-corrected chi connectivity index (χ4v) is 3.23. The molecule has 0 spiro atoms. The minimum atomic E-state index is 0.391. The third kappa shape index (κ3) is 4.36. The monoisotopic (exact) mass is 430 g/mol. The summed E-state index contributed by atoms with van der Waals surface area (Å²) in [6, 6.07) is 12.6. The molecule has 8 nitrogen and oxygen atoms in total. The van der Waals surface area contributed by atoms with Crippen LogP contribution in [0.4, 0.5) is 0 Å². The summed E-state index contributed by atoms with van der Waals surface area (Å²) >= 11 is 7.20. The average molecular weight is 431 g/mol. The van der Waals surface area contributed by atoms with Crippen LogP contribution in [0.15, 0.2) is 56.6 Å². The van der Waals surface area contributed by atoms with E-state index >= 15 is 0 Å². The van der Waals surface area contributed by atoms with Crippen molar-refractivity contribution in [1.29, 1.82) is 0 Å². The van der Waals surface area contributed by atoms with Gasteiger partial charge >= 0.3 is 0 Å². The molecule has 10 heteroatoms. The lowest BCUT2D eigenvalue weighted by molar-refractivity contribution is 0.355. The molecule has 2 aromatic carbocycles. The van der Waals surface area contributed by atoms with Crippen molar-refractivity contribution < 1.29 is 18.4 Å². The van der Waals surface area contributed by atoms with E-state index < -0.39 is 0 Å². The first-order chi connectivity index (χ1) is 14.2. The molecule has 0 unspecified atom stereocenters. The Balaban J connectivity index is 1.43. The summed E-state index contributed by atoms with van der Waals surface area (Å²) in [4.78, 5) is 4.40. The van der Waals surface area contributed by atoms with Gasteiger partial charge in [-0.05, 0) is 42.5 Å². The zero-order valence-corrected chi connectivity index (χ0v) is 17.0. The highest BCUT2D eigenvalue weighted by Gasteiger charge is 2.14. The van der Waals surface area contributed by atoms with Crippen LogP contribution in [0.3, 0.4) is 0 Å². The predicted molar refractivity (Wildman–Crippen MR) is 107 cm³/mol. The van der Waals surface area contributed by atoms with E-state index in [1.165, 1.54) is 11.8 Å². The molecule has 29 heavy (non-hydrogen) atoms. The lowest BCUT2D eigenvalue weighted by Gasteiger charge is -2.07. The van der Waals surface area contributed by atoms with E-state index in [-0.39, 0.29) is 0 Å². The summed E-state index contributed by atoms with van der Waals surface area (Å²) in [5.74, 6) is 2.91. The van der Waals surface area contributed by atoms with E-state index in [0.717, 1.165) is 11.1 Å². The molecule has 0 radical (unpaired) electrons. The van der Waals surface area contributed by atoms with Crippen LogP contribution in [0.5, 0.6) is 11.5 Å². The molecule has 0 bridgehead atoms. The van der Waals surface area contributed by atoms with Gasteiger partial charge in [0.15, 0.2) is 11.5 Å². The third-order valence-corrected chi connectivity index (χ3v) is 4.98. The van der Waals surface area contributed by atoms with Gasteiger partial charge < -0.3 is 18.4 Å². The van der Waals surface area contributed by atoms with Crippen molar-refractivity contribution in [3.8, 4) is 34.3 Å². The largest absolute Gasteiger partial charge is 0.493 e. The highest BCUT2D eigenvalue weighted by atomic mass is 35.5. The molecule has 0 atom stereocenters. The van der Waals surface area contributed by atoms with E-state index in [1.807, 2.05) is 18.2 Å². The van der Waals surface area contributed by atoms with Gasteiger partial charge in [0.1, 0.15) is 0 Å². The van der Waals surface area contributed by atoms with E-state index in [9.17, 15) is 0 Å². The Morgan fingerprint density at radius 2 is 1.72 bits per heavy atom. The van der Waals surface area contributed by atoms with Gasteiger partial charge in [-0.3, -0.25) is 0 Å². The summed E-state index contributed by atoms with van der Waals surface area (Å²) in [7, 11) is 3.15. The molecular weight excluding hydrogens is 416 g/mol. The standard InChI is InChI=1S/C19H15ClN4O4S/c1-25-14-8-5-12(9-15(14)26-2)17-21-16(28-24-17)10-29-19-23-22-18(27-19)11-3-6-13(20)7-4-11/h3-9H,10H2,1-2H3. The van der Waals surface area contributed by atoms with Crippen LogP contribution < -0.4 is 9.47 Å². The molecule has 4 aromatic rings. The Morgan fingerprint density at radius 1 is 0.966 bits per heavy atom. The van der Waals surface area contributed by atoms with Crippen molar-refractivity contribution in [2.45, 2.75) is 11.0 Å². The van der Waals surface area contributed by atoms with E-state index in [1.54, 1.807) is 38.5 Å². The van der Waals surface area contributed by atoms with Crippen LogP contribution in [0.1, 0.15) is 5.89 Å². The molecule has 0 saturated heterocycles. The van der Waals surface area contributed by atoms with Crippen molar-refractivity contribution in [1.82, 2.24) is 20.3 Å². The second kappa shape index (κ2) is 8.54. The Morgan fingerprint density at radius 3 is 2.48 bits per heavy atom. The van der Waals surface area contributed by atoms with Crippen LogP contribution in [0, 0.1) is 0 Å². The molecule has 2 heterocycles. The number of nitrogens with zero attached hydrogens (tertiary/aromatic N) is 4. The summed E-state index contributed by atoms with van der Waals surface area (Å²) in [5, 5.41) is 13.1. The lowest BCUT2D eigenvalue weighted by Crippen LogP contribution is -1.91. The average Bonchev–Trinajstić information content (AvgIpc) is 3.42. The quantitative estimate of drug-likeness (QED) is 0.384. The van der Waals surface area contributed by atoms with Gasteiger partial charge in [-0.2, -0.15) is 4.98 Å². The van der Waals surface area contributed by atoms with Crippen LogP contribution in [-0.2, 0) is 5.75 Å². The maximum atomic E-state index is 5.89. The van der Waals surface area contributed by atoms with Crippen molar-refractivity contribution in [3.05, 3.63) is 53.4 Å². The Kier molecular flexibility index (Phi) is 5.68. The zero-order valence-electron chi connectivity index (χ0n) is 15.5. The summed E-state index contributed by atoms with van der Waals surface area (Å²) in [6.45, 7) is 0. The third-order valence-electron chi connectivity index (χ3n) is 3.93. The normalized spacial score (nSPS) is 10.9. The van der Waals surface area contributed by atoms with Crippen molar-refractivity contribution >= 4 is 23.4 Å². The van der Waals surface area contributed by atoms with Gasteiger partial charge in [0.2, 0.25) is 17.6 Å². The van der Waals surface area contributed by atoms with Crippen LogP contribution in [0.2, 0.25) is 5.02 Å². The molecule has 148 valence electrons. The van der Waals surface area contributed by atoms with E-state index in [4.69, 9.17) is 30.0 Å². The van der Waals surface area contributed by atoms with Gasteiger partial charge in [0.25, 0.3) is 5.22 Å². The smallest absolute Gasteiger partial charge is 0.277 e. The number of rotatable bonds is 7. The van der Waals surface area contributed by atoms with E-state index in [2.05, 4.69) is 20.3 Å². The minimum absolute atomic E-state index is 0.391. The predicted octanol–water partition coefficient (Wildman–Crippen LogP) is 4.75. The highest BCUT2D eigenvalue weighted by molar-refractivity contribution is 7.98. The summed E-state index contributed by atoms with van der Waals surface area (Å²) in [5.41, 5.74) is 1.55. The molecule has 0 saturated carbocycles. The number of ether oxygens (including phenoxy) is 2. The first kappa shape index (κ1) is 19.3. The fraction of sp³-hybridized carbons (Fsp3) is 0.158. The molecule has 0 amide bonds. The van der Waals surface area contributed by atoms with Crippen molar-refractivity contribution in [2.75, 3.05) is 14.2 Å². The number of hydrogen-bond acceptors (Lipinski definition) is 9. The molecule has 0 fully saturated rings. The zero-order chi connectivity index (χ0) is 20.2. The van der Waals surface area contributed by atoms with Gasteiger partial charge in [-0.1, -0.05) is 28.5 Å². The van der Waals surface area contributed by atoms with Crippen LogP contribution >= 0.6 is 23.4 Å². The maximum Gasteiger partial charge on any atom is 0.277 e. The van der Waals surface area contributed by atoms with Crippen molar-refractivity contribution in [3.63, 3.8) is 0 Å². The van der Waals surface area contributed by atoms with Gasteiger partial charge in [-0.25, -0.2) is 0 Å². The second-order valence-electron chi connectivity index (χ2n) is 5.75. The Labute approximate surface area is 175 Å². The highest BCUT2D eigenvalue weighted by Crippen LogP contribution is 2.32. The van der Waals surface area contributed by atoms with Gasteiger partial charge in [0.05, 0.1) is 20.0 Å². The Bertz CT molecular complexity index is 1110.